The quantitative estimate of drug-likeness (QED) is 0.469. The lowest BCUT2D eigenvalue weighted by atomic mass is 10.3. The van der Waals surface area contributed by atoms with E-state index < -0.39 is 4.92 Å². The molecule has 126 valence electrons. The van der Waals surface area contributed by atoms with Crippen LogP contribution < -0.4 is 9.64 Å². The third kappa shape index (κ3) is 3.52. The van der Waals surface area contributed by atoms with E-state index in [1.54, 1.807) is 18.2 Å². The lowest BCUT2D eigenvalue weighted by molar-refractivity contribution is -0.385. The van der Waals surface area contributed by atoms with Crippen molar-refractivity contribution in [2.75, 3.05) is 38.1 Å². The maximum absolute atomic E-state index is 11.6. The van der Waals surface area contributed by atoms with Crippen LogP contribution in [0, 0.1) is 10.1 Å². The Balaban J connectivity index is 1.95. The van der Waals surface area contributed by atoms with Gasteiger partial charge in [0.05, 0.1) is 4.92 Å². The van der Waals surface area contributed by atoms with Crippen molar-refractivity contribution >= 4 is 23.1 Å². The van der Waals surface area contributed by atoms with Crippen molar-refractivity contribution < 1.29 is 9.66 Å². The molecule has 3 rings (SSSR count). The number of aromatic nitrogens is 3. The molecule has 9 nitrogen and oxygen atoms in total. The second-order valence-electron chi connectivity index (χ2n) is 5.30. The summed E-state index contributed by atoms with van der Waals surface area (Å²) >= 11 is 5.81. The summed E-state index contributed by atoms with van der Waals surface area (Å²) in [6.07, 6.45) is 1.25. The second-order valence-corrected chi connectivity index (χ2v) is 5.69. The molecule has 0 amide bonds. The minimum Gasteiger partial charge on any atom is -0.414 e. The van der Waals surface area contributed by atoms with Crippen molar-refractivity contribution in [3.63, 3.8) is 0 Å². The molecule has 0 unspecified atom stereocenters. The molecule has 2 aromatic heterocycles. The molecule has 0 atom stereocenters. The van der Waals surface area contributed by atoms with Crippen LogP contribution >= 0.6 is 11.6 Å². The Morgan fingerprint density at radius 1 is 1.25 bits per heavy atom. The fraction of sp³-hybridized carbons (Fsp3) is 0.357. The van der Waals surface area contributed by atoms with Gasteiger partial charge in [0.1, 0.15) is 11.5 Å². The minimum absolute atomic E-state index is 0.133. The van der Waals surface area contributed by atoms with Crippen LogP contribution in [0.15, 0.2) is 24.5 Å². The van der Waals surface area contributed by atoms with Crippen molar-refractivity contribution in [3.05, 3.63) is 39.8 Å². The molecule has 1 aliphatic rings. The van der Waals surface area contributed by atoms with Crippen molar-refractivity contribution in [1.29, 1.82) is 0 Å². The molecule has 0 radical (unpaired) electrons. The molecule has 3 heterocycles. The maximum Gasteiger partial charge on any atom is 0.373 e. The molecule has 10 heteroatoms. The molecule has 0 spiro atoms. The number of ether oxygens (including phenoxy) is 1. The van der Waals surface area contributed by atoms with Crippen LogP contribution in [0.25, 0.3) is 0 Å². The predicted octanol–water partition coefficient (Wildman–Crippen LogP) is 1.98. The summed E-state index contributed by atoms with van der Waals surface area (Å²) in [5, 5.41) is 11.8. The van der Waals surface area contributed by atoms with Crippen LogP contribution in [-0.2, 0) is 0 Å². The SMILES string of the molecule is CN1CCN(c2ncnc(Oc3cccc(Cl)n3)c2[N+](=O)[O-])CC1. The first-order valence-electron chi connectivity index (χ1n) is 7.28. The Kier molecular flexibility index (Phi) is 4.72. The zero-order valence-corrected chi connectivity index (χ0v) is 13.7. The number of likely N-dealkylation sites (N-methyl/N-ethyl adjacent to an activating group) is 1. The first-order chi connectivity index (χ1) is 11.5. The fourth-order valence-electron chi connectivity index (χ4n) is 2.38. The Hall–Kier alpha value is -2.52. The average molecular weight is 351 g/mol. The maximum atomic E-state index is 11.6. The average Bonchev–Trinajstić information content (AvgIpc) is 2.55. The Morgan fingerprint density at radius 3 is 2.67 bits per heavy atom. The van der Waals surface area contributed by atoms with Gasteiger partial charge in [0.2, 0.25) is 11.7 Å². The smallest absolute Gasteiger partial charge is 0.373 e. The van der Waals surface area contributed by atoms with Crippen LogP contribution in [0.5, 0.6) is 11.8 Å². The summed E-state index contributed by atoms with van der Waals surface area (Å²) in [5.41, 5.74) is -0.274. The van der Waals surface area contributed by atoms with Crippen molar-refractivity contribution in [3.8, 4) is 11.8 Å². The third-order valence-electron chi connectivity index (χ3n) is 3.65. The van der Waals surface area contributed by atoms with Gasteiger partial charge in [-0.2, -0.15) is 4.98 Å². The molecule has 0 aliphatic carbocycles. The number of pyridine rings is 1. The first-order valence-corrected chi connectivity index (χ1v) is 7.65. The molecule has 0 bridgehead atoms. The number of halogens is 1. The highest BCUT2D eigenvalue weighted by molar-refractivity contribution is 6.29. The van der Waals surface area contributed by atoms with Crippen molar-refractivity contribution in [1.82, 2.24) is 19.9 Å². The fourth-order valence-corrected chi connectivity index (χ4v) is 2.54. The molecule has 2 aromatic rings. The van der Waals surface area contributed by atoms with E-state index in [1.165, 1.54) is 6.33 Å². The van der Waals surface area contributed by atoms with Gasteiger partial charge in [-0.1, -0.05) is 17.7 Å². The molecule has 24 heavy (non-hydrogen) atoms. The number of anilines is 1. The van der Waals surface area contributed by atoms with Gasteiger partial charge in [-0.15, -0.1) is 0 Å². The van der Waals surface area contributed by atoms with Crippen LogP contribution in [0.3, 0.4) is 0 Å². The Bertz CT molecular complexity index is 751. The van der Waals surface area contributed by atoms with E-state index in [0.717, 1.165) is 13.1 Å². The number of nitrogens with zero attached hydrogens (tertiary/aromatic N) is 6. The lowest BCUT2D eigenvalue weighted by Crippen LogP contribution is -2.45. The first kappa shape index (κ1) is 16.3. The van der Waals surface area contributed by atoms with Gasteiger partial charge >= 0.3 is 11.6 Å². The van der Waals surface area contributed by atoms with E-state index in [4.69, 9.17) is 16.3 Å². The van der Waals surface area contributed by atoms with Gasteiger partial charge in [-0.25, -0.2) is 9.97 Å². The predicted molar refractivity (Wildman–Crippen MR) is 87.7 cm³/mol. The van der Waals surface area contributed by atoms with Gasteiger partial charge < -0.3 is 14.5 Å². The number of hydrogen-bond acceptors (Lipinski definition) is 8. The molecule has 1 fully saturated rings. The second kappa shape index (κ2) is 6.93. The number of piperazine rings is 1. The molecule has 1 aliphatic heterocycles. The summed E-state index contributed by atoms with van der Waals surface area (Å²) < 4.78 is 5.48. The minimum atomic E-state index is -0.534. The summed E-state index contributed by atoms with van der Waals surface area (Å²) in [6, 6.07) is 4.77. The summed E-state index contributed by atoms with van der Waals surface area (Å²) in [6.45, 7) is 2.88. The molecular formula is C14H15ClN6O3. The standard InChI is InChI=1S/C14H15ClN6O3/c1-19-5-7-20(8-6-19)13-12(21(22)23)14(17-9-16-13)24-11-4-2-3-10(15)18-11/h2-4,9H,5-8H2,1H3. The van der Waals surface area contributed by atoms with E-state index >= 15 is 0 Å². The molecule has 0 saturated carbocycles. The monoisotopic (exact) mass is 350 g/mol. The van der Waals surface area contributed by atoms with Crippen LogP contribution in [0.1, 0.15) is 0 Å². The van der Waals surface area contributed by atoms with Crippen molar-refractivity contribution in [2.24, 2.45) is 0 Å². The normalized spacial score (nSPS) is 15.3. The van der Waals surface area contributed by atoms with Crippen LogP contribution in [-0.4, -0.2) is 58.0 Å². The van der Waals surface area contributed by atoms with E-state index in [0.29, 0.717) is 13.1 Å². The van der Waals surface area contributed by atoms with E-state index in [2.05, 4.69) is 19.9 Å². The lowest BCUT2D eigenvalue weighted by Gasteiger charge is -2.32. The highest BCUT2D eigenvalue weighted by atomic mass is 35.5. The van der Waals surface area contributed by atoms with Crippen molar-refractivity contribution in [2.45, 2.75) is 0 Å². The molecule has 1 saturated heterocycles. The number of nitro groups is 1. The van der Waals surface area contributed by atoms with Gasteiger partial charge in [-0.3, -0.25) is 10.1 Å². The summed E-state index contributed by atoms with van der Waals surface area (Å²) in [4.78, 5) is 27.0. The van der Waals surface area contributed by atoms with Gasteiger partial charge in [0, 0.05) is 32.2 Å². The highest BCUT2D eigenvalue weighted by Crippen LogP contribution is 2.36. The Labute approximate surface area is 143 Å². The number of hydrogen-bond donors (Lipinski definition) is 0. The third-order valence-corrected chi connectivity index (χ3v) is 3.86. The zero-order chi connectivity index (χ0) is 17.1. The van der Waals surface area contributed by atoms with E-state index in [1.807, 2.05) is 11.9 Å². The van der Waals surface area contributed by atoms with E-state index in [9.17, 15) is 10.1 Å². The molecule has 0 N–H and O–H groups in total. The highest BCUT2D eigenvalue weighted by Gasteiger charge is 2.30. The zero-order valence-electron chi connectivity index (χ0n) is 12.9. The number of rotatable bonds is 4. The van der Waals surface area contributed by atoms with Gasteiger partial charge in [0.25, 0.3) is 0 Å². The van der Waals surface area contributed by atoms with Gasteiger partial charge in [-0.05, 0) is 13.1 Å². The summed E-state index contributed by atoms with van der Waals surface area (Å²) in [7, 11) is 2.01. The molecule has 0 aromatic carbocycles. The largest absolute Gasteiger partial charge is 0.414 e. The summed E-state index contributed by atoms with van der Waals surface area (Å²) in [5.74, 6) is 0.229. The van der Waals surface area contributed by atoms with Crippen LogP contribution in [0.4, 0.5) is 11.5 Å². The van der Waals surface area contributed by atoms with Gasteiger partial charge in [0.15, 0.2) is 0 Å². The molecular weight excluding hydrogens is 336 g/mol. The van der Waals surface area contributed by atoms with Crippen LogP contribution in [0.2, 0.25) is 5.15 Å². The Morgan fingerprint density at radius 2 is 2.00 bits per heavy atom. The topological polar surface area (TPSA) is 97.5 Å². The van der Waals surface area contributed by atoms with E-state index in [-0.39, 0.29) is 28.4 Å².